The van der Waals surface area contributed by atoms with Gasteiger partial charge in [-0.15, -0.1) is 11.3 Å². The predicted octanol–water partition coefficient (Wildman–Crippen LogP) is 3.01. The second-order valence-electron chi connectivity index (χ2n) is 3.99. The van der Waals surface area contributed by atoms with Crippen LogP contribution in [-0.2, 0) is 6.42 Å². The van der Waals surface area contributed by atoms with E-state index in [2.05, 4.69) is 31.1 Å². The smallest absolute Gasteiger partial charge is 0.125 e. The van der Waals surface area contributed by atoms with Crippen molar-refractivity contribution in [1.29, 1.82) is 0 Å². The highest BCUT2D eigenvalue weighted by atomic mass is 32.1. The third-order valence-electron chi connectivity index (χ3n) is 2.84. The highest BCUT2D eigenvalue weighted by molar-refractivity contribution is 7.12. The van der Waals surface area contributed by atoms with Crippen LogP contribution in [0.4, 0.5) is 5.82 Å². The van der Waals surface area contributed by atoms with Crippen LogP contribution in [0.5, 0.6) is 0 Å². The molecule has 0 aliphatic rings. The largest absolute Gasteiger partial charge is 0.384 e. The van der Waals surface area contributed by atoms with Gasteiger partial charge >= 0.3 is 0 Å². The van der Waals surface area contributed by atoms with Crippen LogP contribution in [-0.4, -0.2) is 9.78 Å². The number of thiophene rings is 1. The van der Waals surface area contributed by atoms with Crippen LogP contribution < -0.4 is 5.73 Å². The van der Waals surface area contributed by atoms with Gasteiger partial charge in [-0.1, -0.05) is 6.92 Å². The quantitative estimate of drug-likeness (QED) is 0.888. The summed E-state index contributed by atoms with van der Waals surface area (Å²) in [6.45, 7) is 6.29. The highest BCUT2D eigenvalue weighted by Gasteiger charge is 2.14. The Hall–Kier alpha value is -1.29. The molecule has 0 fully saturated rings. The fraction of sp³-hybridized carbons (Fsp3) is 0.417. The van der Waals surface area contributed by atoms with Crippen molar-refractivity contribution in [3.63, 3.8) is 0 Å². The van der Waals surface area contributed by atoms with E-state index in [-0.39, 0.29) is 6.04 Å². The molecule has 0 saturated heterocycles. The number of rotatable bonds is 3. The van der Waals surface area contributed by atoms with Crippen LogP contribution in [0.2, 0.25) is 0 Å². The van der Waals surface area contributed by atoms with Crippen LogP contribution in [0.15, 0.2) is 18.3 Å². The molecule has 2 rings (SSSR count). The molecule has 4 heteroatoms. The molecule has 0 amide bonds. The molecule has 2 N–H and O–H groups in total. The molecule has 0 spiro atoms. The van der Waals surface area contributed by atoms with E-state index >= 15 is 0 Å². The van der Waals surface area contributed by atoms with E-state index in [0.29, 0.717) is 0 Å². The topological polar surface area (TPSA) is 43.8 Å². The van der Waals surface area contributed by atoms with Crippen molar-refractivity contribution < 1.29 is 0 Å². The molecule has 3 nitrogen and oxygen atoms in total. The number of nitrogens with zero attached hydrogens (tertiary/aromatic N) is 2. The SMILES string of the molecule is CCc1ccc(C(C)n2ncc(C)c2N)s1. The summed E-state index contributed by atoms with van der Waals surface area (Å²) in [6.07, 6.45) is 2.91. The first-order valence-electron chi connectivity index (χ1n) is 5.51. The van der Waals surface area contributed by atoms with Crippen molar-refractivity contribution in [1.82, 2.24) is 9.78 Å². The molecule has 0 bridgehead atoms. The maximum Gasteiger partial charge on any atom is 0.125 e. The number of nitrogen functional groups attached to an aromatic ring is 1. The van der Waals surface area contributed by atoms with Crippen LogP contribution in [0, 0.1) is 6.92 Å². The molecule has 16 heavy (non-hydrogen) atoms. The van der Waals surface area contributed by atoms with Gasteiger partial charge < -0.3 is 5.73 Å². The lowest BCUT2D eigenvalue weighted by Gasteiger charge is -2.12. The lowest BCUT2D eigenvalue weighted by atomic mass is 10.2. The number of anilines is 1. The summed E-state index contributed by atoms with van der Waals surface area (Å²) in [6, 6.07) is 4.58. The van der Waals surface area contributed by atoms with E-state index in [1.165, 1.54) is 9.75 Å². The summed E-state index contributed by atoms with van der Waals surface area (Å²) in [7, 11) is 0. The van der Waals surface area contributed by atoms with Crippen LogP contribution in [0.25, 0.3) is 0 Å². The van der Waals surface area contributed by atoms with Crippen molar-refractivity contribution >= 4 is 17.2 Å². The van der Waals surface area contributed by atoms with Crippen molar-refractivity contribution in [3.8, 4) is 0 Å². The first-order valence-corrected chi connectivity index (χ1v) is 6.33. The average Bonchev–Trinajstić information content (AvgIpc) is 2.87. The fourth-order valence-corrected chi connectivity index (χ4v) is 2.69. The zero-order valence-electron chi connectivity index (χ0n) is 9.90. The summed E-state index contributed by atoms with van der Waals surface area (Å²) >= 11 is 1.84. The van der Waals surface area contributed by atoms with Gasteiger partial charge in [0.15, 0.2) is 0 Å². The maximum atomic E-state index is 5.99. The van der Waals surface area contributed by atoms with Crippen LogP contribution in [0.3, 0.4) is 0 Å². The van der Waals surface area contributed by atoms with E-state index in [0.717, 1.165) is 17.8 Å². The summed E-state index contributed by atoms with van der Waals surface area (Å²) < 4.78 is 1.89. The third kappa shape index (κ3) is 1.85. The summed E-state index contributed by atoms with van der Waals surface area (Å²) in [5.41, 5.74) is 7.03. The molecule has 0 aromatic carbocycles. The van der Waals surface area contributed by atoms with Gasteiger partial charge in [-0.25, -0.2) is 4.68 Å². The van der Waals surface area contributed by atoms with Gasteiger partial charge in [0.25, 0.3) is 0 Å². The van der Waals surface area contributed by atoms with Gasteiger partial charge in [-0.3, -0.25) is 0 Å². The Bertz CT molecular complexity index is 484. The normalized spacial score (nSPS) is 12.9. The predicted molar refractivity (Wildman–Crippen MR) is 68.9 cm³/mol. The first-order chi connectivity index (χ1) is 7.63. The fourth-order valence-electron chi connectivity index (χ4n) is 1.70. The molecule has 2 aromatic heterocycles. The number of nitrogens with two attached hydrogens (primary N) is 1. The van der Waals surface area contributed by atoms with E-state index in [1.54, 1.807) is 0 Å². The molecule has 1 unspecified atom stereocenters. The number of aryl methyl sites for hydroxylation is 2. The van der Waals surface area contributed by atoms with E-state index in [9.17, 15) is 0 Å². The summed E-state index contributed by atoms with van der Waals surface area (Å²) in [5.74, 6) is 0.763. The second-order valence-corrected chi connectivity index (χ2v) is 5.19. The van der Waals surface area contributed by atoms with Gasteiger partial charge in [0.05, 0.1) is 12.2 Å². The number of aromatic nitrogens is 2. The van der Waals surface area contributed by atoms with Gasteiger partial charge in [-0.2, -0.15) is 5.10 Å². The summed E-state index contributed by atoms with van der Waals surface area (Å²) in [5, 5.41) is 4.33. The molecular formula is C12H17N3S. The standard InChI is InChI=1S/C12H17N3S/c1-4-10-5-6-11(16-10)9(3)15-12(13)8(2)7-14-15/h5-7,9H,4,13H2,1-3H3. The maximum absolute atomic E-state index is 5.99. The highest BCUT2D eigenvalue weighted by Crippen LogP contribution is 2.28. The van der Waals surface area contributed by atoms with Crippen molar-refractivity contribution in [2.75, 3.05) is 5.73 Å². The molecule has 1 atom stereocenters. The van der Waals surface area contributed by atoms with Crippen LogP contribution in [0.1, 0.15) is 35.2 Å². The van der Waals surface area contributed by atoms with Crippen molar-refractivity contribution in [2.45, 2.75) is 33.2 Å². The lowest BCUT2D eigenvalue weighted by molar-refractivity contribution is 0.581. The Morgan fingerprint density at radius 3 is 2.75 bits per heavy atom. The zero-order valence-corrected chi connectivity index (χ0v) is 10.7. The lowest BCUT2D eigenvalue weighted by Crippen LogP contribution is -2.10. The average molecular weight is 235 g/mol. The zero-order chi connectivity index (χ0) is 11.7. The van der Waals surface area contributed by atoms with Crippen molar-refractivity contribution in [3.05, 3.63) is 33.6 Å². The molecular weight excluding hydrogens is 218 g/mol. The van der Waals surface area contributed by atoms with Gasteiger partial charge in [0.1, 0.15) is 5.82 Å². The Morgan fingerprint density at radius 2 is 2.25 bits per heavy atom. The second kappa shape index (κ2) is 4.29. The minimum atomic E-state index is 0.221. The van der Waals surface area contributed by atoms with E-state index in [4.69, 9.17) is 5.73 Å². The molecule has 0 aliphatic heterocycles. The third-order valence-corrected chi connectivity index (χ3v) is 4.24. The van der Waals surface area contributed by atoms with Crippen molar-refractivity contribution in [2.24, 2.45) is 0 Å². The van der Waals surface area contributed by atoms with Gasteiger partial charge in [0.2, 0.25) is 0 Å². The molecule has 86 valence electrons. The minimum Gasteiger partial charge on any atom is -0.384 e. The van der Waals surface area contributed by atoms with Crippen LogP contribution >= 0.6 is 11.3 Å². The molecule has 0 aliphatic carbocycles. The molecule has 2 aromatic rings. The van der Waals surface area contributed by atoms with E-state index in [1.807, 2.05) is 29.1 Å². The van der Waals surface area contributed by atoms with E-state index < -0.39 is 0 Å². The Kier molecular flexibility index (Phi) is 3.01. The Balaban J connectivity index is 2.31. The minimum absolute atomic E-state index is 0.221. The Labute approximate surface area is 99.9 Å². The molecule has 0 radical (unpaired) electrons. The van der Waals surface area contributed by atoms with Gasteiger partial charge in [-0.05, 0) is 32.4 Å². The first kappa shape index (κ1) is 11.2. The monoisotopic (exact) mass is 235 g/mol. The molecule has 2 heterocycles. The Morgan fingerprint density at radius 1 is 1.50 bits per heavy atom. The van der Waals surface area contributed by atoms with Gasteiger partial charge in [0, 0.05) is 15.3 Å². The number of hydrogen-bond donors (Lipinski definition) is 1. The number of hydrogen-bond acceptors (Lipinski definition) is 3. The molecule has 0 saturated carbocycles. The summed E-state index contributed by atoms with van der Waals surface area (Å²) in [4.78, 5) is 2.72.